The number of carbonyl (C=O) groups is 1. The zero-order valence-corrected chi connectivity index (χ0v) is 14.6. The van der Waals surface area contributed by atoms with Gasteiger partial charge in [-0.1, -0.05) is 36.4 Å². The normalized spacial score (nSPS) is 11.1. The molecular weight excluding hydrogens is 362 g/mol. The molecule has 0 fully saturated rings. The summed E-state index contributed by atoms with van der Waals surface area (Å²) in [5.41, 5.74) is 6.72. The maximum atomic E-state index is 13.5. The second-order valence-corrected chi connectivity index (χ2v) is 5.69. The number of benzene rings is 3. The summed E-state index contributed by atoms with van der Waals surface area (Å²) in [6.45, 7) is 0. The number of nitrogens with zero attached hydrogens (tertiary/aromatic N) is 2. The van der Waals surface area contributed by atoms with Crippen LogP contribution in [0.4, 0.5) is 14.5 Å². The van der Waals surface area contributed by atoms with Gasteiger partial charge in [0, 0.05) is 16.7 Å². The minimum Gasteiger partial charge on any atom is -0.279 e. The van der Waals surface area contributed by atoms with Crippen molar-refractivity contribution < 1.29 is 13.6 Å². The molecule has 7 heteroatoms. The highest BCUT2D eigenvalue weighted by atomic mass is 19.1. The summed E-state index contributed by atoms with van der Waals surface area (Å²) in [4.78, 5) is 12.1. The smallest absolute Gasteiger partial charge is 0.271 e. The molecule has 140 valence electrons. The first-order chi connectivity index (χ1) is 13.6. The van der Waals surface area contributed by atoms with Gasteiger partial charge in [0.2, 0.25) is 0 Å². The molecule has 5 nitrogen and oxygen atoms in total. The first kappa shape index (κ1) is 18.9. The second kappa shape index (κ2) is 9.18. The average Bonchev–Trinajstić information content (AvgIpc) is 2.71. The molecule has 0 bridgehead atoms. The highest BCUT2D eigenvalue weighted by Gasteiger charge is 2.04. The number of anilines is 1. The highest BCUT2D eigenvalue weighted by Crippen LogP contribution is 2.10. The number of hydrogen-bond acceptors (Lipinski definition) is 4. The van der Waals surface area contributed by atoms with Gasteiger partial charge in [-0.25, -0.2) is 14.2 Å². The number of amides is 1. The van der Waals surface area contributed by atoms with Crippen LogP contribution in [0, 0.1) is 11.6 Å². The molecular formula is C21H16F2N4O. The standard InChI is InChI=1S/C21H16F2N4O/c22-19-7-3-1-5-16(19)13-24-26-18-11-9-15(10-12-18)21(28)27-25-14-17-6-2-4-8-20(17)23/h1-14,26H,(H,27,28)/b24-13-,25-14-. The SMILES string of the molecule is O=C(N/N=C\c1ccccc1F)c1ccc(N/N=C\c2ccccc2F)cc1. The molecule has 0 atom stereocenters. The van der Waals surface area contributed by atoms with E-state index in [0.29, 0.717) is 16.8 Å². The topological polar surface area (TPSA) is 65.8 Å². The van der Waals surface area contributed by atoms with Gasteiger partial charge < -0.3 is 0 Å². The van der Waals surface area contributed by atoms with E-state index < -0.39 is 11.7 Å². The van der Waals surface area contributed by atoms with Crippen LogP contribution in [0.1, 0.15) is 21.5 Å². The van der Waals surface area contributed by atoms with E-state index >= 15 is 0 Å². The molecule has 2 N–H and O–H groups in total. The molecule has 0 spiro atoms. The van der Waals surface area contributed by atoms with Crippen molar-refractivity contribution in [2.24, 2.45) is 10.2 Å². The summed E-state index contributed by atoms with van der Waals surface area (Å²) in [6.07, 6.45) is 2.61. The molecule has 3 aromatic carbocycles. The van der Waals surface area contributed by atoms with E-state index in [4.69, 9.17) is 0 Å². The molecule has 0 aliphatic heterocycles. The zero-order chi connectivity index (χ0) is 19.8. The molecule has 0 saturated carbocycles. The van der Waals surface area contributed by atoms with Crippen molar-refractivity contribution in [2.45, 2.75) is 0 Å². The number of hydrazone groups is 2. The molecule has 0 heterocycles. The highest BCUT2D eigenvalue weighted by molar-refractivity contribution is 5.95. The molecule has 1 amide bonds. The van der Waals surface area contributed by atoms with Gasteiger partial charge in [0.25, 0.3) is 5.91 Å². The lowest BCUT2D eigenvalue weighted by molar-refractivity contribution is 0.0955. The molecule has 3 rings (SSSR count). The van der Waals surface area contributed by atoms with Crippen molar-refractivity contribution >= 4 is 24.0 Å². The van der Waals surface area contributed by atoms with Gasteiger partial charge in [0.05, 0.1) is 18.1 Å². The van der Waals surface area contributed by atoms with Gasteiger partial charge in [-0.3, -0.25) is 10.2 Å². The third-order valence-electron chi connectivity index (χ3n) is 3.72. The van der Waals surface area contributed by atoms with Gasteiger partial charge in [-0.15, -0.1) is 0 Å². The Kier molecular flexibility index (Phi) is 6.20. The Morgan fingerprint density at radius 3 is 1.86 bits per heavy atom. The Hall–Kier alpha value is -3.87. The Balaban J connectivity index is 1.55. The van der Waals surface area contributed by atoms with Crippen LogP contribution in [0.5, 0.6) is 0 Å². The zero-order valence-electron chi connectivity index (χ0n) is 14.6. The third kappa shape index (κ3) is 5.07. The van der Waals surface area contributed by atoms with Crippen LogP contribution in [-0.4, -0.2) is 18.3 Å². The summed E-state index contributed by atoms with van der Waals surface area (Å²) in [5, 5.41) is 7.72. The molecule has 0 aliphatic rings. The summed E-state index contributed by atoms with van der Waals surface area (Å²) >= 11 is 0. The monoisotopic (exact) mass is 378 g/mol. The minimum absolute atomic E-state index is 0.273. The van der Waals surface area contributed by atoms with Crippen molar-refractivity contribution in [1.29, 1.82) is 0 Å². The quantitative estimate of drug-likeness (QED) is 0.499. The largest absolute Gasteiger partial charge is 0.279 e. The van der Waals surface area contributed by atoms with Crippen LogP contribution < -0.4 is 10.9 Å². The molecule has 3 aromatic rings. The predicted octanol–water partition coefficient (Wildman–Crippen LogP) is 4.17. The first-order valence-electron chi connectivity index (χ1n) is 8.35. The fourth-order valence-electron chi connectivity index (χ4n) is 2.26. The second-order valence-electron chi connectivity index (χ2n) is 5.69. The Labute approximate surface area is 160 Å². The molecule has 0 aliphatic carbocycles. The van der Waals surface area contributed by atoms with Crippen molar-refractivity contribution in [3.63, 3.8) is 0 Å². The lowest BCUT2D eigenvalue weighted by Crippen LogP contribution is -2.17. The Bertz CT molecular complexity index is 1020. The van der Waals surface area contributed by atoms with Gasteiger partial charge >= 0.3 is 0 Å². The van der Waals surface area contributed by atoms with E-state index in [1.54, 1.807) is 60.7 Å². The van der Waals surface area contributed by atoms with Crippen LogP contribution in [0.3, 0.4) is 0 Å². The molecule has 28 heavy (non-hydrogen) atoms. The van der Waals surface area contributed by atoms with Crippen LogP contribution in [0.25, 0.3) is 0 Å². The van der Waals surface area contributed by atoms with Gasteiger partial charge in [0.1, 0.15) is 11.6 Å². The molecule has 0 aromatic heterocycles. The molecule has 0 saturated heterocycles. The van der Waals surface area contributed by atoms with Crippen molar-refractivity contribution in [1.82, 2.24) is 5.43 Å². The Morgan fingerprint density at radius 2 is 1.29 bits per heavy atom. The lowest BCUT2D eigenvalue weighted by atomic mass is 10.2. The average molecular weight is 378 g/mol. The summed E-state index contributed by atoms with van der Waals surface area (Å²) in [5.74, 6) is -1.23. The van der Waals surface area contributed by atoms with Crippen molar-refractivity contribution in [3.8, 4) is 0 Å². The fraction of sp³-hybridized carbons (Fsp3) is 0. The van der Waals surface area contributed by atoms with Crippen molar-refractivity contribution in [2.75, 3.05) is 5.43 Å². The van der Waals surface area contributed by atoms with Crippen LogP contribution in [-0.2, 0) is 0 Å². The number of hydrogen-bond donors (Lipinski definition) is 2. The predicted molar refractivity (Wildman–Crippen MR) is 106 cm³/mol. The van der Waals surface area contributed by atoms with E-state index in [1.165, 1.54) is 24.6 Å². The van der Waals surface area contributed by atoms with Crippen LogP contribution in [0.2, 0.25) is 0 Å². The Morgan fingerprint density at radius 1 is 0.750 bits per heavy atom. The lowest BCUT2D eigenvalue weighted by Gasteiger charge is -2.03. The number of halogens is 2. The molecule has 0 unspecified atom stereocenters. The summed E-state index contributed by atoms with van der Waals surface area (Å²) in [6, 6.07) is 18.8. The third-order valence-corrected chi connectivity index (χ3v) is 3.72. The van der Waals surface area contributed by atoms with E-state index in [-0.39, 0.29) is 11.4 Å². The van der Waals surface area contributed by atoms with Crippen LogP contribution >= 0.6 is 0 Å². The minimum atomic E-state index is -0.436. The number of carbonyl (C=O) groups excluding carboxylic acids is 1. The summed E-state index contributed by atoms with van der Waals surface area (Å²) in [7, 11) is 0. The van der Waals surface area contributed by atoms with Gasteiger partial charge in [0.15, 0.2) is 0 Å². The van der Waals surface area contributed by atoms with Gasteiger partial charge in [-0.2, -0.15) is 10.2 Å². The van der Waals surface area contributed by atoms with E-state index in [9.17, 15) is 13.6 Å². The number of rotatable bonds is 6. The van der Waals surface area contributed by atoms with E-state index in [2.05, 4.69) is 21.1 Å². The van der Waals surface area contributed by atoms with E-state index in [1.807, 2.05) is 0 Å². The first-order valence-corrected chi connectivity index (χ1v) is 8.35. The molecule has 0 radical (unpaired) electrons. The fourth-order valence-corrected chi connectivity index (χ4v) is 2.26. The maximum absolute atomic E-state index is 13.5. The maximum Gasteiger partial charge on any atom is 0.271 e. The van der Waals surface area contributed by atoms with Crippen LogP contribution in [0.15, 0.2) is 83.0 Å². The number of nitrogens with one attached hydrogen (secondary N) is 2. The van der Waals surface area contributed by atoms with E-state index in [0.717, 1.165) is 0 Å². The van der Waals surface area contributed by atoms with Gasteiger partial charge in [-0.05, 0) is 36.4 Å². The van der Waals surface area contributed by atoms with Crippen molar-refractivity contribution in [3.05, 3.63) is 101 Å². The summed E-state index contributed by atoms with van der Waals surface area (Å²) < 4.78 is 27.0.